The highest BCUT2D eigenvalue weighted by Gasteiger charge is 2.06. The first kappa shape index (κ1) is 14.9. The first-order valence-corrected chi connectivity index (χ1v) is 6.66. The summed E-state index contributed by atoms with van der Waals surface area (Å²) in [5.74, 6) is 0.914. The number of nitrogens with zero attached hydrogens (tertiary/aromatic N) is 3. The third-order valence-electron chi connectivity index (χ3n) is 2.66. The summed E-state index contributed by atoms with van der Waals surface area (Å²) >= 11 is 0. The summed E-state index contributed by atoms with van der Waals surface area (Å²) in [6, 6.07) is 0. The van der Waals surface area contributed by atoms with Crippen molar-refractivity contribution in [3.8, 4) is 0 Å². The topological polar surface area (TPSA) is 50.3 Å². The van der Waals surface area contributed by atoms with Gasteiger partial charge < -0.3 is 15.0 Å². The van der Waals surface area contributed by atoms with Gasteiger partial charge in [-0.15, -0.1) is 0 Å². The molecule has 18 heavy (non-hydrogen) atoms. The van der Waals surface area contributed by atoms with Crippen molar-refractivity contribution >= 4 is 5.82 Å². The lowest BCUT2D eigenvalue weighted by molar-refractivity contribution is 0.154. The molecule has 102 valence electrons. The lowest BCUT2D eigenvalue weighted by Crippen LogP contribution is -2.28. The predicted molar refractivity (Wildman–Crippen MR) is 73.8 cm³/mol. The average molecular weight is 252 g/mol. The molecule has 1 rings (SSSR count). The van der Waals surface area contributed by atoms with Crippen LogP contribution in [0, 0.1) is 0 Å². The largest absolute Gasteiger partial charge is 0.380 e. The van der Waals surface area contributed by atoms with Crippen LogP contribution < -0.4 is 10.2 Å². The minimum Gasteiger partial charge on any atom is -0.380 e. The Hall–Kier alpha value is -1.20. The van der Waals surface area contributed by atoms with Crippen LogP contribution in [-0.4, -0.2) is 42.8 Å². The molecule has 0 aliphatic carbocycles. The normalized spacial score (nSPS) is 10.6. The van der Waals surface area contributed by atoms with E-state index in [-0.39, 0.29) is 0 Å². The van der Waals surface area contributed by atoms with Crippen LogP contribution in [0.15, 0.2) is 12.4 Å². The lowest BCUT2D eigenvalue weighted by Gasteiger charge is -2.21. The molecule has 1 heterocycles. The van der Waals surface area contributed by atoms with Crippen molar-refractivity contribution in [2.75, 3.05) is 37.7 Å². The van der Waals surface area contributed by atoms with Crippen LogP contribution >= 0.6 is 0 Å². The zero-order valence-corrected chi connectivity index (χ0v) is 11.6. The molecule has 0 atom stereocenters. The summed E-state index contributed by atoms with van der Waals surface area (Å²) in [4.78, 5) is 11.0. The minimum absolute atomic E-state index is 0.727. The first-order valence-electron chi connectivity index (χ1n) is 6.66. The summed E-state index contributed by atoms with van der Waals surface area (Å²) in [5.41, 5.74) is 0.974. The standard InChI is InChI=1S/C13H24N4O/c1-4-14-9-12-10-16-13(11-15-12)17(5-2)7-8-18-6-3/h10-11,14H,4-9H2,1-3H3. The first-order chi connectivity index (χ1) is 8.81. The van der Waals surface area contributed by atoms with Gasteiger partial charge in [0.15, 0.2) is 0 Å². The molecule has 0 saturated heterocycles. The smallest absolute Gasteiger partial charge is 0.147 e. The summed E-state index contributed by atoms with van der Waals surface area (Å²) in [7, 11) is 0. The van der Waals surface area contributed by atoms with E-state index < -0.39 is 0 Å². The molecule has 0 saturated carbocycles. The van der Waals surface area contributed by atoms with Gasteiger partial charge in [-0.25, -0.2) is 4.98 Å². The van der Waals surface area contributed by atoms with Gasteiger partial charge in [0.25, 0.3) is 0 Å². The minimum atomic E-state index is 0.727. The quantitative estimate of drug-likeness (QED) is 0.674. The highest BCUT2D eigenvalue weighted by molar-refractivity contribution is 5.35. The average Bonchev–Trinajstić information content (AvgIpc) is 2.42. The fourth-order valence-corrected chi connectivity index (χ4v) is 1.61. The van der Waals surface area contributed by atoms with Crippen LogP contribution in [0.3, 0.4) is 0 Å². The molecule has 0 aromatic carbocycles. The molecule has 0 aliphatic rings. The zero-order chi connectivity index (χ0) is 13.2. The van der Waals surface area contributed by atoms with E-state index in [9.17, 15) is 0 Å². The van der Waals surface area contributed by atoms with Gasteiger partial charge >= 0.3 is 0 Å². The Bertz CT molecular complexity index is 315. The predicted octanol–water partition coefficient (Wildman–Crippen LogP) is 1.45. The molecule has 5 nitrogen and oxygen atoms in total. The van der Waals surface area contributed by atoms with Gasteiger partial charge in [0.1, 0.15) is 5.82 Å². The van der Waals surface area contributed by atoms with Gasteiger partial charge in [-0.05, 0) is 20.4 Å². The van der Waals surface area contributed by atoms with Gasteiger partial charge in [-0.2, -0.15) is 0 Å². The molecule has 0 amide bonds. The van der Waals surface area contributed by atoms with Gasteiger partial charge in [0.05, 0.1) is 24.7 Å². The van der Waals surface area contributed by atoms with Crippen molar-refractivity contribution in [1.82, 2.24) is 15.3 Å². The van der Waals surface area contributed by atoms with E-state index >= 15 is 0 Å². The maximum atomic E-state index is 5.36. The van der Waals surface area contributed by atoms with Gasteiger partial charge in [-0.3, -0.25) is 4.98 Å². The monoisotopic (exact) mass is 252 g/mol. The Balaban J connectivity index is 2.52. The number of rotatable bonds is 9. The van der Waals surface area contributed by atoms with Crippen molar-refractivity contribution in [3.05, 3.63) is 18.1 Å². The number of aromatic nitrogens is 2. The Morgan fingerprint density at radius 1 is 1.22 bits per heavy atom. The number of hydrogen-bond donors (Lipinski definition) is 1. The highest BCUT2D eigenvalue weighted by Crippen LogP contribution is 2.08. The molecule has 1 aromatic rings. The van der Waals surface area contributed by atoms with Crippen LogP contribution in [0.25, 0.3) is 0 Å². The number of hydrogen-bond acceptors (Lipinski definition) is 5. The molecule has 1 N–H and O–H groups in total. The second kappa shape index (κ2) is 8.83. The molecule has 0 fully saturated rings. The van der Waals surface area contributed by atoms with Crippen molar-refractivity contribution in [1.29, 1.82) is 0 Å². The molecular weight excluding hydrogens is 228 g/mol. The Kier molecular flexibility index (Phi) is 7.29. The fraction of sp³-hybridized carbons (Fsp3) is 0.692. The van der Waals surface area contributed by atoms with Crippen LogP contribution in [-0.2, 0) is 11.3 Å². The van der Waals surface area contributed by atoms with Crippen LogP contribution in [0.2, 0.25) is 0 Å². The van der Waals surface area contributed by atoms with Crippen molar-refractivity contribution < 1.29 is 4.74 Å². The Morgan fingerprint density at radius 2 is 2.06 bits per heavy atom. The van der Waals surface area contributed by atoms with Crippen LogP contribution in [0.1, 0.15) is 26.5 Å². The van der Waals surface area contributed by atoms with E-state index in [0.29, 0.717) is 0 Å². The molecule has 0 spiro atoms. The van der Waals surface area contributed by atoms with E-state index in [4.69, 9.17) is 4.74 Å². The second-order valence-electron chi connectivity index (χ2n) is 3.92. The van der Waals surface area contributed by atoms with Crippen molar-refractivity contribution in [3.63, 3.8) is 0 Å². The number of ether oxygens (including phenoxy) is 1. The molecule has 1 aromatic heterocycles. The van der Waals surface area contributed by atoms with Gasteiger partial charge in [0.2, 0.25) is 0 Å². The van der Waals surface area contributed by atoms with E-state index in [2.05, 4.69) is 34.0 Å². The number of nitrogens with one attached hydrogen (secondary N) is 1. The molecular formula is C13H24N4O. The number of likely N-dealkylation sites (N-methyl/N-ethyl adjacent to an activating group) is 1. The van der Waals surface area contributed by atoms with E-state index in [1.807, 2.05) is 19.3 Å². The second-order valence-corrected chi connectivity index (χ2v) is 3.92. The van der Waals surface area contributed by atoms with Crippen LogP contribution in [0.4, 0.5) is 5.82 Å². The van der Waals surface area contributed by atoms with E-state index in [1.165, 1.54) is 0 Å². The van der Waals surface area contributed by atoms with Crippen molar-refractivity contribution in [2.24, 2.45) is 0 Å². The fourth-order valence-electron chi connectivity index (χ4n) is 1.61. The van der Waals surface area contributed by atoms with Gasteiger partial charge in [-0.1, -0.05) is 6.92 Å². The third kappa shape index (κ3) is 4.98. The maximum Gasteiger partial charge on any atom is 0.147 e. The Labute approximate surface area is 110 Å². The third-order valence-corrected chi connectivity index (χ3v) is 2.66. The number of anilines is 1. The van der Waals surface area contributed by atoms with Crippen molar-refractivity contribution in [2.45, 2.75) is 27.3 Å². The van der Waals surface area contributed by atoms with Crippen LogP contribution in [0.5, 0.6) is 0 Å². The highest BCUT2D eigenvalue weighted by atomic mass is 16.5. The zero-order valence-electron chi connectivity index (χ0n) is 11.6. The molecule has 5 heteroatoms. The SMILES string of the molecule is CCNCc1cnc(N(CC)CCOCC)cn1. The maximum absolute atomic E-state index is 5.36. The molecule has 0 radical (unpaired) electrons. The summed E-state index contributed by atoms with van der Waals surface area (Å²) in [5, 5.41) is 3.23. The van der Waals surface area contributed by atoms with E-state index in [1.54, 1.807) is 0 Å². The molecule has 0 bridgehead atoms. The molecule has 0 aliphatic heterocycles. The molecule has 0 unspecified atom stereocenters. The summed E-state index contributed by atoms with van der Waals surface area (Å²) < 4.78 is 5.36. The summed E-state index contributed by atoms with van der Waals surface area (Å²) in [6.45, 7) is 11.2. The lowest BCUT2D eigenvalue weighted by atomic mass is 10.4. The van der Waals surface area contributed by atoms with E-state index in [0.717, 1.165) is 50.9 Å². The summed E-state index contributed by atoms with van der Waals surface area (Å²) in [6.07, 6.45) is 3.67. The van der Waals surface area contributed by atoms with Gasteiger partial charge in [0, 0.05) is 26.2 Å². The Morgan fingerprint density at radius 3 is 2.61 bits per heavy atom.